The number of hydrogen-bond donors (Lipinski definition) is 4. The molecule has 2 aromatic carbocycles. The van der Waals surface area contributed by atoms with Crippen LogP contribution in [0, 0.1) is 12.3 Å². The molecule has 8 heteroatoms. The molecule has 3 rings (SSSR count). The number of hydrogen-bond acceptors (Lipinski definition) is 5. The first-order valence-corrected chi connectivity index (χ1v) is 10.1. The number of benzene rings is 2. The van der Waals surface area contributed by atoms with E-state index in [0.717, 1.165) is 22.3 Å². The van der Waals surface area contributed by atoms with E-state index in [0.29, 0.717) is 0 Å². The Labute approximate surface area is 185 Å². The quantitative estimate of drug-likeness (QED) is 0.445. The van der Waals surface area contributed by atoms with Gasteiger partial charge in [-0.05, 0) is 22.3 Å². The molecule has 0 spiro atoms. The summed E-state index contributed by atoms with van der Waals surface area (Å²) < 4.78 is 5.41. The number of aliphatic hydroxyl groups is 1. The zero-order chi connectivity index (χ0) is 23.1. The number of carboxylic acids is 1. The molecule has 2 amide bonds. The van der Waals surface area contributed by atoms with E-state index >= 15 is 0 Å². The Morgan fingerprint density at radius 2 is 1.59 bits per heavy atom. The number of terminal acetylenes is 1. The van der Waals surface area contributed by atoms with Crippen molar-refractivity contribution in [2.24, 2.45) is 0 Å². The molecule has 0 heterocycles. The van der Waals surface area contributed by atoms with Gasteiger partial charge < -0.3 is 25.6 Å². The number of amides is 2. The SMILES string of the molecule is C#CCC(NC(=O)OCC1c2ccccc2-c2ccccc21)C(=O)NC(CCO)C(=O)O. The monoisotopic (exact) mass is 436 g/mol. The van der Waals surface area contributed by atoms with Crippen LogP contribution in [-0.2, 0) is 14.3 Å². The summed E-state index contributed by atoms with van der Waals surface area (Å²) in [6, 6.07) is 13.3. The highest BCUT2D eigenvalue weighted by molar-refractivity contribution is 5.89. The number of carbonyl (C=O) groups excluding carboxylic acids is 2. The molecule has 1 aliphatic rings. The lowest BCUT2D eigenvalue weighted by Gasteiger charge is -2.20. The van der Waals surface area contributed by atoms with E-state index < -0.39 is 36.7 Å². The highest BCUT2D eigenvalue weighted by Crippen LogP contribution is 2.44. The highest BCUT2D eigenvalue weighted by atomic mass is 16.5. The van der Waals surface area contributed by atoms with Gasteiger partial charge in [0.25, 0.3) is 0 Å². The molecule has 0 aliphatic heterocycles. The van der Waals surface area contributed by atoms with Crippen molar-refractivity contribution in [1.82, 2.24) is 10.6 Å². The molecule has 0 aromatic heterocycles. The lowest BCUT2D eigenvalue weighted by Crippen LogP contribution is -2.51. The summed E-state index contributed by atoms with van der Waals surface area (Å²) in [7, 11) is 0. The number of carboxylic acid groups (broad SMARTS) is 1. The van der Waals surface area contributed by atoms with Crippen LogP contribution in [0.5, 0.6) is 0 Å². The number of nitrogens with one attached hydrogen (secondary N) is 2. The van der Waals surface area contributed by atoms with E-state index in [2.05, 4.69) is 16.6 Å². The lowest BCUT2D eigenvalue weighted by atomic mass is 9.98. The summed E-state index contributed by atoms with van der Waals surface area (Å²) in [5, 5.41) is 22.8. The van der Waals surface area contributed by atoms with Crippen molar-refractivity contribution in [3.63, 3.8) is 0 Å². The Morgan fingerprint density at radius 1 is 1.00 bits per heavy atom. The van der Waals surface area contributed by atoms with Crippen LogP contribution in [0.25, 0.3) is 11.1 Å². The van der Waals surface area contributed by atoms with E-state index in [1.165, 1.54) is 0 Å². The van der Waals surface area contributed by atoms with Gasteiger partial charge in [0.05, 0.1) is 0 Å². The van der Waals surface area contributed by atoms with Crippen molar-refractivity contribution in [2.45, 2.75) is 30.8 Å². The molecule has 2 aromatic rings. The molecule has 2 unspecified atom stereocenters. The second-order valence-corrected chi connectivity index (χ2v) is 7.34. The Morgan fingerprint density at radius 3 is 2.12 bits per heavy atom. The molecule has 1 aliphatic carbocycles. The summed E-state index contributed by atoms with van der Waals surface area (Å²) in [4.78, 5) is 36.0. The second kappa shape index (κ2) is 10.5. The third kappa shape index (κ3) is 5.07. The second-order valence-electron chi connectivity index (χ2n) is 7.34. The van der Waals surface area contributed by atoms with Crippen LogP contribution in [0.2, 0.25) is 0 Å². The summed E-state index contributed by atoms with van der Waals surface area (Å²) in [5.41, 5.74) is 4.27. The number of rotatable bonds is 9. The molecule has 0 fully saturated rings. The van der Waals surface area contributed by atoms with Crippen LogP contribution in [-0.4, -0.2) is 53.5 Å². The summed E-state index contributed by atoms with van der Waals surface area (Å²) in [5.74, 6) is 0.0749. The first-order valence-electron chi connectivity index (χ1n) is 10.1. The van der Waals surface area contributed by atoms with E-state index in [9.17, 15) is 14.4 Å². The highest BCUT2D eigenvalue weighted by Gasteiger charge is 2.30. The van der Waals surface area contributed by atoms with Gasteiger partial charge in [0.15, 0.2) is 0 Å². The minimum absolute atomic E-state index is 0.0620. The largest absolute Gasteiger partial charge is 0.480 e. The zero-order valence-corrected chi connectivity index (χ0v) is 17.3. The third-order valence-electron chi connectivity index (χ3n) is 5.31. The van der Waals surface area contributed by atoms with E-state index in [1.54, 1.807) is 0 Å². The maximum Gasteiger partial charge on any atom is 0.407 e. The van der Waals surface area contributed by atoms with Crippen molar-refractivity contribution in [2.75, 3.05) is 13.2 Å². The molecule has 8 nitrogen and oxygen atoms in total. The molecule has 0 saturated heterocycles. The Balaban J connectivity index is 1.65. The smallest absolute Gasteiger partial charge is 0.407 e. The molecular weight excluding hydrogens is 412 g/mol. The number of aliphatic hydroxyl groups excluding tert-OH is 1. The van der Waals surface area contributed by atoms with Gasteiger partial charge in [-0.3, -0.25) is 4.79 Å². The maximum absolute atomic E-state index is 12.4. The topological polar surface area (TPSA) is 125 Å². The van der Waals surface area contributed by atoms with Crippen LogP contribution < -0.4 is 10.6 Å². The van der Waals surface area contributed by atoms with Gasteiger partial charge >= 0.3 is 12.1 Å². The van der Waals surface area contributed by atoms with Gasteiger partial charge in [0.1, 0.15) is 18.7 Å². The predicted molar refractivity (Wildman–Crippen MR) is 117 cm³/mol. The number of aliphatic carboxylic acids is 1. The molecule has 4 N–H and O–H groups in total. The van der Waals surface area contributed by atoms with Crippen molar-refractivity contribution >= 4 is 18.0 Å². The Bertz CT molecular complexity index is 999. The molecule has 0 radical (unpaired) electrons. The standard InChI is InChI=1S/C24H24N2O6/c1-2-7-20(22(28)25-21(12-13-27)23(29)30)26-24(31)32-14-19-17-10-5-3-8-15(17)16-9-4-6-11-18(16)19/h1,3-6,8-11,19-21,27H,7,12-14H2,(H,25,28)(H,26,31)(H,29,30). The van der Waals surface area contributed by atoms with Crippen LogP contribution in [0.15, 0.2) is 48.5 Å². The van der Waals surface area contributed by atoms with Crippen molar-refractivity contribution in [1.29, 1.82) is 0 Å². The van der Waals surface area contributed by atoms with Gasteiger partial charge in [-0.15, -0.1) is 12.3 Å². The maximum atomic E-state index is 12.4. The number of carbonyl (C=O) groups is 3. The first kappa shape index (κ1) is 22.8. The molecule has 32 heavy (non-hydrogen) atoms. The number of ether oxygens (including phenoxy) is 1. The van der Waals surface area contributed by atoms with Gasteiger partial charge in [0.2, 0.25) is 5.91 Å². The normalized spacial score (nSPS) is 13.8. The van der Waals surface area contributed by atoms with E-state index in [1.807, 2.05) is 48.5 Å². The molecule has 0 bridgehead atoms. The lowest BCUT2D eigenvalue weighted by molar-refractivity contribution is -0.142. The van der Waals surface area contributed by atoms with Gasteiger partial charge in [-0.25, -0.2) is 9.59 Å². The fraction of sp³-hybridized carbons (Fsp3) is 0.292. The summed E-state index contributed by atoms with van der Waals surface area (Å²) >= 11 is 0. The number of alkyl carbamates (subject to hydrolysis) is 1. The molecular formula is C24H24N2O6. The average Bonchev–Trinajstić information content (AvgIpc) is 3.10. The average molecular weight is 436 g/mol. The first-order chi connectivity index (χ1) is 15.5. The minimum Gasteiger partial charge on any atom is -0.480 e. The number of fused-ring (bicyclic) bond motifs is 3. The fourth-order valence-electron chi connectivity index (χ4n) is 3.77. The fourth-order valence-corrected chi connectivity index (χ4v) is 3.77. The van der Waals surface area contributed by atoms with Gasteiger partial charge in [-0.2, -0.15) is 0 Å². The molecule has 166 valence electrons. The summed E-state index contributed by atoms with van der Waals surface area (Å²) in [6.07, 6.45) is 4.13. The van der Waals surface area contributed by atoms with Gasteiger partial charge in [-0.1, -0.05) is 48.5 Å². The van der Waals surface area contributed by atoms with E-state index in [-0.39, 0.29) is 25.4 Å². The summed E-state index contributed by atoms with van der Waals surface area (Å²) in [6.45, 7) is -0.358. The zero-order valence-electron chi connectivity index (χ0n) is 17.3. The third-order valence-corrected chi connectivity index (χ3v) is 5.31. The minimum atomic E-state index is -1.30. The van der Waals surface area contributed by atoms with Crippen LogP contribution in [0.1, 0.15) is 29.9 Å². The predicted octanol–water partition coefficient (Wildman–Crippen LogP) is 1.87. The Kier molecular flexibility index (Phi) is 7.47. The Hall–Kier alpha value is -3.83. The van der Waals surface area contributed by atoms with E-state index in [4.69, 9.17) is 21.4 Å². The van der Waals surface area contributed by atoms with Gasteiger partial charge in [0, 0.05) is 25.4 Å². The van der Waals surface area contributed by atoms with Crippen molar-refractivity contribution in [3.05, 3.63) is 59.7 Å². The van der Waals surface area contributed by atoms with Crippen LogP contribution in [0.4, 0.5) is 4.79 Å². The van der Waals surface area contributed by atoms with Crippen LogP contribution >= 0.6 is 0 Å². The van der Waals surface area contributed by atoms with Crippen molar-refractivity contribution in [3.8, 4) is 23.5 Å². The molecule has 2 atom stereocenters. The van der Waals surface area contributed by atoms with Crippen molar-refractivity contribution < 1.29 is 29.3 Å². The van der Waals surface area contributed by atoms with Crippen LogP contribution in [0.3, 0.4) is 0 Å². The molecule has 0 saturated carbocycles.